The first-order chi connectivity index (χ1) is 11.8. The van der Waals surface area contributed by atoms with Crippen LogP contribution in [0, 0.1) is 13.8 Å². The van der Waals surface area contributed by atoms with Gasteiger partial charge in [-0.25, -0.2) is 15.2 Å². The number of nitrogens with zero attached hydrogens (tertiary/aromatic N) is 2. The number of hydrogen-bond acceptors (Lipinski definition) is 4. The molecule has 2 amide bonds. The van der Waals surface area contributed by atoms with Crippen molar-refractivity contribution < 1.29 is 9.63 Å². The van der Waals surface area contributed by atoms with E-state index in [9.17, 15) is 4.79 Å². The largest absolute Gasteiger partial charge is 0.364 e. The Bertz CT molecular complexity index is 795. The molecule has 0 atom stereocenters. The van der Waals surface area contributed by atoms with E-state index in [-0.39, 0.29) is 6.03 Å². The van der Waals surface area contributed by atoms with Crippen molar-refractivity contribution in [1.82, 2.24) is 10.4 Å². The topological polar surface area (TPSA) is 66.0 Å². The van der Waals surface area contributed by atoms with Gasteiger partial charge in [0, 0.05) is 11.3 Å². The fourth-order valence-electron chi connectivity index (χ4n) is 2.75. The van der Waals surface area contributed by atoms with Crippen LogP contribution in [0.1, 0.15) is 30.5 Å². The molecule has 6 nitrogen and oxygen atoms in total. The Morgan fingerprint density at radius 2 is 1.72 bits per heavy atom. The van der Waals surface area contributed by atoms with E-state index < -0.39 is 5.72 Å². The van der Waals surface area contributed by atoms with Crippen LogP contribution in [-0.2, 0) is 4.84 Å². The second-order valence-electron chi connectivity index (χ2n) is 6.60. The van der Waals surface area contributed by atoms with E-state index in [0.29, 0.717) is 11.5 Å². The lowest BCUT2D eigenvalue weighted by molar-refractivity contribution is -0.0805. The highest BCUT2D eigenvalue weighted by Gasteiger charge is 2.39. The quantitative estimate of drug-likeness (QED) is 0.895. The van der Waals surface area contributed by atoms with Crippen molar-refractivity contribution in [2.75, 3.05) is 5.32 Å². The lowest BCUT2D eigenvalue weighted by atomic mass is 10.1. The zero-order chi connectivity index (χ0) is 18.0. The van der Waals surface area contributed by atoms with Gasteiger partial charge in [-0.15, -0.1) is 0 Å². The summed E-state index contributed by atoms with van der Waals surface area (Å²) in [5.41, 5.74) is 5.89. The van der Waals surface area contributed by atoms with Gasteiger partial charge in [0.15, 0.2) is 5.84 Å². The maximum Gasteiger partial charge on any atom is 0.338 e. The number of carbonyl (C=O) groups excluding carboxylic acids is 1. The average molecular weight is 338 g/mol. The van der Waals surface area contributed by atoms with Gasteiger partial charge < -0.3 is 10.2 Å². The molecule has 2 N–H and O–H groups in total. The maximum absolute atomic E-state index is 12.4. The van der Waals surface area contributed by atoms with Crippen LogP contribution in [0.25, 0.3) is 0 Å². The Hall–Kier alpha value is -3.02. The number of aryl methyl sites for hydroxylation is 2. The van der Waals surface area contributed by atoms with Gasteiger partial charge >= 0.3 is 6.03 Å². The SMILES string of the molecule is Cc1cc(C)cc(C2=NOC(C)(C)N2NC(=O)Nc2ccccc2)c1. The number of hydrogen-bond donors (Lipinski definition) is 2. The van der Waals surface area contributed by atoms with Crippen LogP contribution in [0.3, 0.4) is 0 Å². The normalized spacial score (nSPS) is 15.4. The first-order valence-electron chi connectivity index (χ1n) is 8.13. The van der Waals surface area contributed by atoms with Crippen molar-refractivity contribution in [3.05, 3.63) is 65.2 Å². The van der Waals surface area contributed by atoms with Crippen LogP contribution in [0.4, 0.5) is 10.5 Å². The Balaban J connectivity index is 1.81. The molecule has 0 saturated carbocycles. The molecule has 2 aromatic rings. The van der Waals surface area contributed by atoms with Gasteiger partial charge in [-0.3, -0.25) is 0 Å². The van der Waals surface area contributed by atoms with Crippen molar-refractivity contribution in [2.24, 2.45) is 5.16 Å². The van der Waals surface area contributed by atoms with Gasteiger partial charge in [0.2, 0.25) is 5.72 Å². The fourth-order valence-corrected chi connectivity index (χ4v) is 2.75. The third-order valence-corrected chi connectivity index (χ3v) is 3.83. The van der Waals surface area contributed by atoms with Gasteiger partial charge in [-0.1, -0.05) is 40.5 Å². The van der Waals surface area contributed by atoms with E-state index in [1.54, 1.807) is 5.01 Å². The molecule has 1 aliphatic rings. The number of para-hydroxylation sites is 1. The summed E-state index contributed by atoms with van der Waals surface area (Å²) in [5.74, 6) is 0.569. The molecular formula is C19H22N4O2. The van der Waals surface area contributed by atoms with E-state index in [1.165, 1.54) is 0 Å². The fraction of sp³-hybridized carbons (Fsp3) is 0.263. The molecule has 130 valence electrons. The first-order valence-corrected chi connectivity index (χ1v) is 8.13. The zero-order valence-corrected chi connectivity index (χ0v) is 14.8. The monoisotopic (exact) mass is 338 g/mol. The standard InChI is InChI=1S/C19H22N4O2/c1-13-10-14(2)12-15(11-13)17-22-25-19(3,4)23(17)21-18(24)20-16-8-6-5-7-9-16/h5-12H,1-4H3,(H2,20,21,24). The number of rotatable bonds is 3. The molecule has 0 spiro atoms. The van der Waals surface area contributed by atoms with Crippen molar-refractivity contribution in [1.29, 1.82) is 0 Å². The van der Waals surface area contributed by atoms with Crippen LogP contribution < -0.4 is 10.7 Å². The van der Waals surface area contributed by atoms with Crippen LogP contribution in [0.2, 0.25) is 0 Å². The Labute approximate surface area is 147 Å². The van der Waals surface area contributed by atoms with Crippen LogP contribution in [-0.4, -0.2) is 22.6 Å². The molecule has 1 aliphatic heterocycles. The molecule has 0 radical (unpaired) electrons. The van der Waals surface area contributed by atoms with Gasteiger partial charge in [-0.2, -0.15) is 0 Å². The molecule has 6 heteroatoms. The van der Waals surface area contributed by atoms with E-state index in [0.717, 1.165) is 16.7 Å². The predicted octanol–water partition coefficient (Wildman–Crippen LogP) is 3.77. The molecule has 25 heavy (non-hydrogen) atoms. The number of benzene rings is 2. The summed E-state index contributed by atoms with van der Waals surface area (Å²) in [6, 6.07) is 15.0. The minimum absolute atomic E-state index is 0.359. The number of nitrogens with one attached hydrogen (secondary N) is 2. The van der Waals surface area contributed by atoms with Crippen LogP contribution in [0.15, 0.2) is 53.7 Å². The van der Waals surface area contributed by atoms with E-state index in [2.05, 4.69) is 22.0 Å². The van der Waals surface area contributed by atoms with Crippen molar-refractivity contribution >= 4 is 17.6 Å². The molecule has 0 aliphatic carbocycles. The van der Waals surface area contributed by atoms with Gasteiger partial charge in [0.05, 0.1) is 0 Å². The average Bonchev–Trinajstić information content (AvgIpc) is 2.82. The lowest BCUT2D eigenvalue weighted by Gasteiger charge is -2.31. The number of carbonyl (C=O) groups is 1. The number of oxime groups is 1. The second kappa shape index (κ2) is 6.47. The molecular weight excluding hydrogens is 316 g/mol. The molecule has 0 bridgehead atoms. The Morgan fingerprint density at radius 3 is 2.36 bits per heavy atom. The number of amides is 2. The molecule has 2 aromatic carbocycles. The molecule has 0 unspecified atom stereocenters. The summed E-state index contributed by atoms with van der Waals surface area (Å²) in [6.45, 7) is 7.74. The summed E-state index contributed by atoms with van der Waals surface area (Å²) in [6.07, 6.45) is 0. The summed E-state index contributed by atoms with van der Waals surface area (Å²) in [4.78, 5) is 17.9. The third kappa shape index (κ3) is 3.74. The van der Waals surface area contributed by atoms with Gasteiger partial charge in [0.1, 0.15) is 0 Å². The Morgan fingerprint density at radius 1 is 1.08 bits per heavy atom. The minimum atomic E-state index is -0.791. The van der Waals surface area contributed by atoms with E-state index >= 15 is 0 Å². The second-order valence-corrected chi connectivity index (χ2v) is 6.60. The molecule has 0 saturated heterocycles. The maximum atomic E-state index is 12.4. The summed E-state index contributed by atoms with van der Waals surface area (Å²) < 4.78 is 0. The number of anilines is 1. The summed E-state index contributed by atoms with van der Waals surface area (Å²) in [5, 5.41) is 8.62. The highest BCUT2D eigenvalue weighted by molar-refractivity contribution is 6.01. The van der Waals surface area contributed by atoms with Crippen molar-refractivity contribution in [2.45, 2.75) is 33.4 Å². The van der Waals surface area contributed by atoms with E-state index in [1.807, 2.05) is 70.2 Å². The molecule has 0 fully saturated rings. The van der Waals surface area contributed by atoms with Gasteiger partial charge in [-0.05, 0) is 52.0 Å². The summed E-state index contributed by atoms with van der Waals surface area (Å²) >= 11 is 0. The van der Waals surface area contributed by atoms with Crippen LogP contribution in [0.5, 0.6) is 0 Å². The van der Waals surface area contributed by atoms with Crippen molar-refractivity contribution in [3.63, 3.8) is 0 Å². The molecule has 3 rings (SSSR count). The minimum Gasteiger partial charge on any atom is -0.364 e. The zero-order valence-electron chi connectivity index (χ0n) is 14.8. The highest BCUT2D eigenvalue weighted by atomic mass is 16.7. The molecule has 0 aromatic heterocycles. The van der Waals surface area contributed by atoms with Gasteiger partial charge in [0.25, 0.3) is 0 Å². The van der Waals surface area contributed by atoms with Crippen LogP contribution >= 0.6 is 0 Å². The predicted molar refractivity (Wildman–Crippen MR) is 98.1 cm³/mol. The number of amidine groups is 1. The van der Waals surface area contributed by atoms with Crippen molar-refractivity contribution in [3.8, 4) is 0 Å². The number of hydrazine groups is 1. The smallest absolute Gasteiger partial charge is 0.338 e. The molecule has 1 heterocycles. The first kappa shape index (κ1) is 16.8. The number of urea groups is 1. The Kier molecular flexibility index (Phi) is 4.35. The third-order valence-electron chi connectivity index (χ3n) is 3.83. The van der Waals surface area contributed by atoms with E-state index in [4.69, 9.17) is 4.84 Å². The summed E-state index contributed by atoms with van der Waals surface area (Å²) in [7, 11) is 0. The highest BCUT2D eigenvalue weighted by Crippen LogP contribution is 2.26. The lowest BCUT2D eigenvalue weighted by Crippen LogP contribution is -2.55.